The minimum absolute atomic E-state index is 0.0194. The number of aryl methyl sites for hydroxylation is 2. The first-order chi connectivity index (χ1) is 28.9. The molecule has 1 atom stereocenters. The summed E-state index contributed by atoms with van der Waals surface area (Å²) in [4.78, 5) is 78.6. The van der Waals surface area contributed by atoms with E-state index in [2.05, 4.69) is 39.6 Å². The van der Waals surface area contributed by atoms with Gasteiger partial charge in [0.1, 0.15) is 29.8 Å². The molecule has 0 fully saturated rings. The van der Waals surface area contributed by atoms with Gasteiger partial charge in [-0.15, -0.1) is 0 Å². The van der Waals surface area contributed by atoms with Crippen molar-refractivity contribution in [3.63, 3.8) is 0 Å². The van der Waals surface area contributed by atoms with E-state index in [9.17, 15) is 33.6 Å². The molecule has 2 aromatic heterocycles. The summed E-state index contributed by atoms with van der Waals surface area (Å²) in [6.07, 6.45) is 16.2. The van der Waals surface area contributed by atoms with E-state index < -0.39 is 37.3 Å². The van der Waals surface area contributed by atoms with E-state index in [1.807, 2.05) is 24.3 Å². The van der Waals surface area contributed by atoms with Gasteiger partial charge in [0.15, 0.2) is 16.9 Å². The van der Waals surface area contributed by atoms with Crippen molar-refractivity contribution in [1.82, 2.24) is 25.3 Å². The number of aromatic amines is 1. The molecule has 0 saturated heterocycles. The quantitative estimate of drug-likeness (QED) is 0.0184. The Morgan fingerprint density at radius 3 is 2.33 bits per heavy atom. The summed E-state index contributed by atoms with van der Waals surface area (Å²) >= 11 is 0. The lowest BCUT2D eigenvalue weighted by Crippen LogP contribution is -2.41. The fourth-order valence-electron chi connectivity index (χ4n) is 5.71. The third kappa shape index (κ3) is 12.6. The largest absolute Gasteiger partial charge is 0.604 e. The summed E-state index contributed by atoms with van der Waals surface area (Å²) in [5.74, 6) is -2.66. The number of anilines is 1. The number of fused-ring (bicyclic) bond motifs is 1. The molecule has 4 N–H and O–H groups in total. The number of rotatable bonds is 21. The van der Waals surface area contributed by atoms with Gasteiger partial charge in [0, 0.05) is 24.1 Å². The van der Waals surface area contributed by atoms with E-state index >= 15 is 0 Å². The van der Waals surface area contributed by atoms with Crippen molar-refractivity contribution in [2.75, 3.05) is 11.9 Å². The summed E-state index contributed by atoms with van der Waals surface area (Å²) in [6.45, 7) is 1.91. The maximum atomic E-state index is 13.3. The standard InChI is InChI=1S/C42H39N6O11P/c1-4-56-60(55,57-5-2)58-23-9-8-10-28-13-15-29(16-14-28)24-35(49)33-11-6-7-12-36(33)59-37(50)22-21-34(42(53)54)48-40(51)30-17-19-31(20-18-30)43-25-32-26-44-39-38(47-32)41(52)46-27(3)45-39/h1-2,6-7,11-20,26,34,43H,8-10,21-25H2,3H3,(H,48,51)(H,53,54)(H,44,45,46,52)/t34-/m0/s1. The molecular weight excluding hydrogens is 795 g/mol. The number of hydrogen-bond donors (Lipinski definition) is 4. The number of esters is 1. The number of unbranched alkanes of at least 4 members (excludes halogenated alkanes) is 1. The van der Waals surface area contributed by atoms with Gasteiger partial charge in [-0.3, -0.25) is 23.7 Å². The molecule has 0 bridgehead atoms. The van der Waals surface area contributed by atoms with Crippen molar-refractivity contribution in [3.8, 4) is 30.8 Å². The number of nitrogens with zero attached hydrogens (tertiary/aromatic N) is 3. The topological polar surface area (TPSA) is 238 Å². The number of benzene rings is 3. The van der Waals surface area contributed by atoms with E-state index in [0.717, 1.165) is 11.1 Å². The maximum Gasteiger partial charge on any atom is 0.604 e. The molecule has 3 aromatic carbocycles. The Hall–Kier alpha value is -7.33. The number of aliphatic carboxylic acids is 1. The van der Waals surface area contributed by atoms with Crippen LogP contribution >= 0.6 is 7.82 Å². The summed E-state index contributed by atoms with van der Waals surface area (Å²) in [5.41, 5.74) is 3.11. The van der Waals surface area contributed by atoms with Gasteiger partial charge in [0.2, 0.25) is 0 Å². The molecule has 60 heavy (non-hydrogen) atoms. The third-order valence-corrected chi connectivity index (χ3v) is 9.84. The second kappa shape index (κ2) is 20.9. The van der Waals surface area contributed by atoms with Crippen LogP contribution in [0.3, 0.4) is 0 Å². The van der Waals surface area contributed by atoms with Crippen LogP contribution in [0.25, 0.3) is 11.2 Å². The number of H-pyrrole nitrogens is 1. The highest BCUT2D eigenvalue weighted by atomic mass is 31.2. The lowest BCUT2D eigenvalue weighted by molar-refractivity contribution is -0.140. The van der Waals surface area contributed by atoms with Crippen molar-refractivity contribution in [1.29, 1.82) is 0 Å². The lowest BCUT2D eigenvalue weighted by atomic mass is 10.00. The molecule has 0 aliphatic rings. The molecule has 18 heteroatoms. The summed E-state index contributed by atoms with van der Waals surface area (Å²) in [6, 6.07) is 18.4. The number of carboxylic acids is 1. The molecule has 0 unspecified atom stereocenters. The monoisotopic (exact) mass is 834 g/mol. The number of terminal acetylenes is 2. The number of carbonyl (C=O) groups is 4. The van der Waals surface area contributed by atoms with E-state index in [0.29, 0.717) is 36.5 Å². The highest BCUT2D eigenvalue weighted by molar-refractivity contribution is 7.48. The first kappa shape index (κ1) is 43.8. The van der Waals surface area contributed by atoms with Gasteiger partial charge < -0.3 is 34.5 Å². The van der Waals surface area contributed by atoms with Crippen LogP contribution in [0.1, 0.15) is 69.0 Å². The highest BCUT2D eigenvalue weighted by Gasteiger charge is 2.28. The second-order valence-corrected chi connectivity index (χ2v) is 14.6. The number of para-hydroxylation sites is 1. The fourth-order valence-corrected chi connectivity index (χ4v) is 6.47. The fraction of sp³-hybridized carbons (Fsp3) is 0.238. The normalized spacial score (nSPS) is 11.4. The minimum atomic E-state index is -4.01. The molecule has 0 radical (unpaired) electrons. The Kier molecular flexibility index (Phi) is 15.3. The van der Waals surface area contributed by atoms with Crippen molar-refractivity contribution < 1.29 is 47.2 Å². The van der Waals surface area contributed by atoms with Crippen molar-refractivity contribution >= 4 is 48.3 Å². The molecular formula is C42H39N6O11P. The number of ether oxygens (including phenoxy) is 1. The minimum Gasteiger partial charge on any atom is -0.480 e. The number of amides is 1. The number of Topliss-reactive ketones (excluding diaryl/α,β-unsaturated/α-hetero) is 1. The number of hydrogen-bond acceptors (Lipinski definition) is 14. The molecule has 2 heterocycles. The summed E-state index contributed by atoms with van der Waals surface area (Å²) < 4.78 is 31.7. The Bertz CT molecular complexity index is 2530. The Labute approximate surface area is 343 Å². The highest BCUT2D eigenvalue weighted by Crippen LogP contribution is 2.48. The predicted octanol–water partition coefficient (Wildman–Crippen LogP) is 5.29. The average molecular weight is 835 g/mol. The van der Waals surface area contributed by atoms with E-state index in [1.165, 1.54) is 30.5 Å². The molecule has 5 aromatic rings. The van der Waals surface area contributed by atoms with E-state index in [-0.39, 0.29) is 66.2 Å². The van der Waals surface area contributed by atoms with E-state index in [4.69, 9.17) is 22.1 Å². The van der Waals surface area contributed by atoms with Gasteiger partial charge >= 0.3 is 19.8 Å². The summed E-state index contributed by atoms with van der Waals surface area (Å²) in [7, 11) is -4.01. The summed E-state index contributed by atoms with van der Waals surface area (Å²) in [5, 5.41) is 15.4. The third-order valence-electron chi connectivity index (χ3n) is 8.68. The maximum absolute atomic E-state index is 13.3. The SMILES string of the molecule is C#COP(=O)(OC#C)OCCCCc1ccc(CC(=O)c2ccccc2OC(=O)CC[C@H](NC(=O)c2ccc(NCc3cnc4nc(C)[nH]c(=O)c4n3)cc2)C(=O)O)cc1. The molecule has 308 valence electrons. The molecule has 0 aliphatic heterocycles. The number of ketones is 1. The molecule has 0 saturated carbocycles. The Morgan fingerprint density at radius 2 is 1.63 bits per heavy atom. The first-order valence-electron chi connectivity index (χ1n) is 18.4. The molecule has 0 spiro atoms. The van der Waals surface area contributed by atoms with Crippen LogP contribution in [-0.4, -0.2) is 61.3 Å². The van der Waals surface area contributed by atoms with E-state index in [1.54, 1.807) is 43.4 Å². The van der Waals surface area contributed by atoms with Gasteiger partial charge in [0.25, 0.3) is 11.5 Å². The zero-order valence-electron chi connectivity index (χ0n) is 32.2. The Morgan fingerprint density at radius 1 is 0.933 bits per heavy atom. The van der Waals surface area contributed by atoms with Crippen LogP contribution in [0.4, 0.5) is 5.69 Å². The van der Waals surface area contributed by atoms with Gasteiger partial charge in [-0.1, -0.05) is 49.2 Å². The number of nitrogens with one attached hydrogen (secondary N) is 3. The van der Waals surface area contributed by atoms with Crippen LogP contribution in [-0.2, 0) is 47.1 Å². The molecule has 1 amide bonds. The van der Waals surface area contributed by atoms with Gasteiger partial charge in [0.05, 0.1) is 30.6 Å². The predicted molar refractivity (Wildman–Crippen MR) is 217 cm³/mol. The smallest absolute Gasteiger partial charge is 0.480 e. The van der Waals surface area contributed by atoms with Crippen LogP contribution in [0, 0.1) is 32.0 Å². The molecule has 0 aliphatic carbocycles. The van der Waals surface area contributed by atoms with Gasteiger partial charge in [-0.2, -0.15) is 0 Å². The van der Waals surface area contributed by atoms with Crippen LogP contribution in [0.5, 0.6) is 5.75 Å². The number of aromatic nitrogens is 4. The zero-order chi connectivity index (χ0) is 43.1. The van der Waals surface area contributed by atoms with Crippen LogP contribution < -0.4 is 20.9 Å². The number of carbonyl (C=O) groups excluding carboxylic acids is 3. The number of carboxylic acid groups (broad SMARTS) is 1. The van der Waals surface area contributed by atoms with Gasteiger partial charge in [-0.25, -0.2) is 24.3 Å². The average Bonchev–Trinajstić information content (AvgIpc) is 3.22. The number of phosphoric ester groups is 1. The second-order valence-electron chi connectivity index (χ2n) is 13.1. The van der Waals surface area contributed by atoms with Gasteiger partial charge in [-0.05, 0) is 80.1 Å². The zero-order valence-corrected chi connectivity index (χ0v) is 33.1. The van der Waals surface area contributed by atoms with Crippen LogP contribution in [0.2, 0.25) is 0 Å². The molecule has 5 rings (SSSR count). The van der Waals surface area contributed by atoms with Crippen molar-refractivity contribution in [2.24, 2.45) is 0 Å². The molecule has 17 nitrogen and oxygen atoms in total. The number of phosphoric acid groups is 1. The lowest BCUT2D eigenvalue weighted by Gasteiger charge is -2.15. The van der Waals surface area contributed by atoms with Crippen molar-refractivity contribution in [2.45, 2.75) is 58.0 Å². The van der Waals surface area contributed by atoms with Crippen LogP contribution in [0.15, 0.2) is 83.8 Å². The first-order valence-corrected chi connectivity index (χ1v) is 19.9. The Balaban J connectivity index is 1.07. The van der Waals surface area contributed by atoms with Crippen molar-refractivity contribution in [3.05, 3.63) is 123 Å².